The summed E-state index contributed by atoms with van der Waals surface area (Å²) in [5, 5.41) is 12.2. The van der Waals surface area contributed by atoms with E-state index in [1.807, 2.05) is 26.0 Å². The molecule has 8 heteroatoms. The van der Waals surface area contributed by atoms with Crippen LogP contribution in [-0.2, 0) is 19.1 Å². The van der Waals surface area contributed by atoms with Gasteiger partial charge in [0.05, 0.1) is 12.0 Å². The summed E-state index contributed by atoms with van der Waals surface area (Å²) in [6.07, 6.45) is 4.94. The highest BCUT2D eigenvalue weighted by Crippen LogP contribution is 2.38. The van der Waals surface area contributed by atoms with Crippen LogP contribution in [0.25, 0.3) is 0 Å². The van der Waals surface area contributed by atoms with Gasteiger partial charge < -0.3 is 19.9 Å². The smallest absolute Gasteiger partial charge is 0.411 e. The van der Waals surface area contributed by atoms with Crippen molar-refractivity contribution in [3.63, 3.8) is 0 Å². The molecule has 2 N–H and O–H groups in total. The van der Waals surface area contributed by atoms with Gasteiger partial charge in [-0.15, -0.1) is 0 Å². The highest BCUT2D eigenvalue weighted by Gasteiger charge is 2.49. The zero-order chi connectivity index (χ0) is 24.9. The number of esters is 1. The average molecular weight is 453 g/mol. The van der Waals surface area contributed by atoms with E-state index in [-0.39, 0.29) is 17.7 Å². The molecule has 0 bridgehead atoms. The van der Waals surface area contributed by atoms with Gasteiger partial charge in [-0.1, -0.05) is 19.1 Å². The molecule has 0 radical (unpaired) electrons. The molecule has 1 aliphatic heterocycles. The zero-order valence-corrected chi connectivity index (χ0v) is 20.9. The van der Waals surface area contributed by atoms with Gasteiger partial charge in [-0.25, -0.2) is 9.59 Å². The second-order valence-electron chi connectivity index (χ2n) is 10.3. The van der Waals surface area contributed by atoms with Crippen LogP contribution < -0.4 is 5.32 Å². The third-order valence-electron chi connectivity index (χ3n) is 4.99. The molecule has 0 saturated carbocycles. The number of nitrogens with one attached hydrogen (secondary N) is 1. The van der Waals surface area contributed by atoms with E-state index in [1.165, 1.54) is 11.8 Å². The summed E-state index contributed by atoms with van der Waals surface area (Å²) in [6.45, 7) is 15.8. The van der Waals surface area contributed by atoms with Crippen LogP contribution in [0, 0.1) is 11.8 Å². The van der Waals surface area contributed by atoms with E-state index < -0.39 is 35.3 Å². The molecule has 1 heterocycles. The van der Waals surface area contributed by atoms with Crippen molar-refractivity contribution in [2.75, 3.05) is 0 Å². The number of carbonyl (C=O) groups is 3. The molecule has 1 aliphatic rings. The Morgan fingerprint density at radius 3 is 2.12 bits per heavy atom. The van der Waals surface area contributed by atoms with Gasteiger partial charge in [-0.05, 0) is 67.2 Å². The Morgan fingerprint density at radius 2 is 1.69 bits per heavy atom. The second kappa shape index (κ2) is 10.9. The van der Waals surface area contributed by atoms with Crippen LogP contribution in [0.1, 0.15) is 75.2 Å². The van der Waals surface area contributed by atoms with Crippen molar-refractivity contribution in [1.82, 2.24) is 10.2 Å². The number of carbonyl (C=O) groups excluding carboxylic acids is 3. The molecular formula is C24H40N2O6. The lowest BCUT2D eigenvalue weighted by Gasteiger charge is -2.34. The minimum Gasteiger partial charge on any atom is -0.514 e. The van der Waals surface area contributed by atoms with Crippen molar-refractivity contribution >= 4 is 18.0 Å². The minimum atomic E-state index is -0.801. The van der Waals surface area contributed by atoms with Crippen molar-refractivity contribution in [3.05, 3.63) is 24.1 Å². The molecule has 4 atom stereocenters. The van der Waals surface area contributed by atoms with E-state index in [2.05, 4.69) is 5.32 Å². The maximum atomic E-state index is 13.2. The molecule has 0 aromatic rings. The molecule has 1 saturated heterocycles. The zero-order valence-electron chi connectivity index (χ0n) is 20.9. The van der Waals surface area contributed by atoms with Crippen LogP contribution in [0.5, 0.6) is 0 Å². The third-order valence-corrected chi connectivity index (χ3v) is 4.99. The highest BCUT2D eigenvalue weighted by molar-refractivity contribution is 5.83. The van der Waals surface area contributed by atoms with E-state index in [0.717, 1.165) is 6.26 Å². The number of hydrogen-bond donors (Lipinski definition) is 2. The Balaban J connectivity index is 3.36. The average Bonchev–Trinajstić information content (AvgIpc) is 2.95. The van der Waals surface area contributed by atoms with E-state index in [9.17, 15) is 19.5 Å². The Kier molecular flexibility index (Phi) is 9.36. The molecule has 0 aliphatic carbocycles. The molecule has 8 nitrogen and oxygen atoms in total. The lowest BCUT2D eigenvalue weighted by molar-refractivity contribution is -0.160. The molecule has 182 valence electrons. The summed E-state index contributed by atoms with van der Waals surface area (Å²) in [7, 11) is 0. The van der Waals surface area contributed by atoms with Gasteiger partial charge in [0.1, 0.15) is 17.2 Å². The first kappa shape index (κ1) is 27.5. The molecular weight excluding hydrogens is 412 g/mol. The molecule has 2 amide bonds. The summed E-state index contributed by atoms with van der Waals surface area (Å²) in [5.41, 5.74) is -1.09. The maximum absolute atomic E-state index is 13.2. The van der Waals surface area contributed by atoms with Crippen LogP contribution in [0.2, 0.25) is 0 Å². The van der Waals surface area contributed by atoms with Crippen molar-refractivity contribution < 1.29 is 29.0 Å². The number of aliphatic hydroxyl groups excluding tert-OH is 1. The fourth-order valence-corrected chi connectivity index (χ4v) is 3.84. The quantitative estimate of drug-likeness (QED) is 0.350. The Bertz CT molecular complexity index is 745. The van der Waals surface area contributed by atoms with Crippen molar-refractivity contribution in [3.8, 4) is 0 Å². The van der Waals surface area contributed by atoms with E-state index in [0.29, 0.717) is 18.5 Å². The summed E-state index contributed by atoms with van der Waals surface area (Å²) in [5.74, 6) is -1.19. The van der Waals surface area contributed by atoms with Gasteiger partial charge in [-0.3, -0.25) is 9.69 Å². The van der Waals surface area contributed by atoms with Crippen LogP contribution >= 0.6 is 0 Å². The number of allylic oxidation sites excluding steroid dienone is 2. The topological polar surface area (TPSA) is 105 Å². The molecule has 0 spiro atoms. The van der Waals surface area contributed by atoms with E-state index >= 15 is 0 Å². The standard InChI is InChI=1S/C24H40N2O6/c1-10-11-17-13-20(21(29)31-23(4,5)6)26(22(30)32-24(7,8)9)19(17)12-15(2)18(14-27)25-16(3)28/h10-11,14-15,17,19-20,27H,12-13H2,1-9H3,(H,25,28)/t15?,17-,19-,20-/m1/s1. The highest BCUT2D eigenvalue weighted by atomic mass is 16.6. The van der Waals surface area contributed by atoms with Gasteiger partial charge in [0, 0.05) is 18.9 Å². The predicted molar refractivity (Wildman–Crippen MR) is 123 cm³/mol. The second-order valence-corrected chi connectivity index (χ2v) is 10.3. The number of nitrogens with zero attached hydrogens (tertiary/aromatic N) is 1. The number of hydrogen-bond acceptors (Lipinski definition) is 6. The van der Waals surface area contributed by atoms with Crippen LogP contribution in [0.15, 0.2) is 24.1 Å². The van der Waals surface area contributed by atoms with Crippen molar-refractivity contribution in [1.29, 1.82) is 0 Å². The van der Waals surface area contributed by atoms with Gasteiger partial charge in [0.2, 0.25) is 5.91 Å². The normalized spacial score (nSPS) is 23.2. The third kappa shape index (κ3) is 8.20. The van der Waals surface area contributed by atoms with Crippen LogP contribution in [0.4, 0.5) is 4.79 Å². The van der Waals surface area contributed by atoms with Gasteiger partial charge in [0.25, 0.3) is 0 Å². The number of rotatable bonds is 6. The number of amides is 2. The predicted octanol–water partition coefficient (Wildman–Crippen LogP) is 4.46. The van der Waals surface area contributed by atoms with Crippen molar-refractivity contribution in [2.45, 2.75) is 98.4 Å². The summed E-state index contributed by atoms with van der Waals surface area (Å²) in [6, 6.07) is -1.19. The SMILES string of the molecule is CC=C[C@@H]1C[C@H](C(=O)OC(C)(C)C)N(C(=O)OC(C)(C)C)[C@@H]1CC(C)C(=CO)NC(C)=O. The minimum absolute atomic E-state index is 0.121. The van der Waals surface area contributed by atoms with Crippen LogP contribution in [-0.4, -0.2) is 51.3 Å². The molecule has 1 rings (SSSR count). The first-order chi connectivity index (χ1) is 14.6. The lowest BCUT2D eigenvalue weighted by Crippen LogP contribution is -2.49. The van der Waals surface area contributed by atoms with E-state index in [1.54, 1.807) is 41.5 Å². The fraction of sp³-hybridized carbons (Fsp3) is 0.708. The van der Waals surface area contributed by atoms with Gasteiger partial charge in [-0.2, -0.15) is 0 Å². The summed E-state index contributed by atoms with van der Waals surface area (Å²) in [4.78, 5) is 39.3. The Morgan fingerprint density at radius 1 is 1.12 bits per heavy atom. The number of aliphatic hydroxyl groups is 1. The molecule has 1 unspecified atom stereocenters. The van der Waals surface area contributed by atoms with Crippen LogP contribution in [0.3, 0.4) is 0 Å². The molecule has 1 fully saturated rings. The molecule has 0 aromatic carbocycles. The number of ether oxygens (including phenoxy) is 2. The lowest BCUT2D eigenvalue weighted by atomic mass is 9.89. The largest absolute Gasteiger partial charge is 0.514 e. The van der Waals surface area contributed by atoms with Gasteiger partial charge >= 0.3 is 12.1 Å². The van der Waals surface area contributed by atoms with E-state index in [4.69, 9.17) is 9.47 Å². The first-order valence-corrected chi connectivity index (χ1v) is 11.1. The molecule has 32 heavy (non-hydrogen) atoms. The first-order valence-electron chi connectivity index (χ1n) is 11.1. The Hall–Kier alpha value is -2.51. The summed E-state index contributed by atoms with van der Waals surface area (Å²) >= 11 is 0. The maximum Gasteiger partial charge on any atom is 0.411 e. The monoisotopic (exact) mass is 452 g/mol. The summed E-state index contributed by atoms with van der Waals surface area (Å²) < 4.78 is 11.3. The number of likely N-dealkylation sites (tertiary alicyclic amines) is 1. The fourth-order valence-electron chi connectivity index (χ4n) is 3.84. The Labute approximate surface area is 192 Å². The van der Waals surface area contributed by atoms with Gasteiger partial charge in [0.15, 0.2) is 0 Å². The van der Waals surface area contributed by atoms with Crippen molar-refractivity contribution in [2.24, 2.45) is 11.8 Å². The molecule has 0 aromatic heterocycles.